The summed E-state index contributed by atoms with van der Waals surface area (Å²) in [5.74, 6) is -0.643. The Morgan fingerprint density at radius 2 is 1.91 bits per heavy atom. The number of nitrogens with one attached hydrogen (secondary N) is 1. The van der Waals surface area contributed by atoms with E-state index in [-0.39, 0.29) is 11.5 Å². The molecule has 0 saturated heterocycles. The number of fused-ring (bicyclic) bond motifs is 1. The number of rotatable bonds is 11. The molecule has 0 fully saturated rings. The smallest absolute Gasteiger partial charge is 0.337 e. The van der Waals surface area contributed by atoms with Crippen molar-refractivity contribution in [1.82, 2.24) is 14.9 Å². The van der Waals surface area contributed by atoms with E-state index in [2.05, 4.69) is 10.3 Å². The molecule has 9 heteroatoms. The van der Waals surface area contributed by atoms with E-state index in [4.69, 9.17) is 9.47 Å². The summed E-state index contributed by atoms with van der Waals surface area (Å²) in [5.41, 5.74) is 1.61. The van der Waals surface area contributed by atoms with E-state index in [1.54, 1.807) is 30.7 Å². The molecule has 1 atom stereocenters. The molecule has 8 nitrogen and oxygen atoms in total. The lowest BCUT2D eigenvalue weighted by Gasteiger charge is -2.16. The van der Waals surface area contributed by atoms with Gasteiger partial charge in [0.1, 0.15) is 0 Å². The molecule has 1 unspecified atom stereocenters. The summed E-state index contributed by atoms with van der Waals surface area (Å²) >= 11 is 1.21. The third-order valence-electron chi connectivity index (χ3n) is 5.28. The van der Waals surface area contributed by atoms with Gasteiger partial charge < -0.3 is 14.8 Å². The largest absolute Gasteiger partial charge is 0.465 e. The van der Waals surface area contributed by atoms with E-state index >= 15 is 0 Å². The highest BCUT2D eigenvalue weighted by Crippen LogP contribution is 2.23. The van der Waals surface area contributed by atoms with Gasteiger partial charge in [-0.25, -0.2) is 9.78 Å². The van der Waals surface area contributed by atoms with Crippen molar-refractivity contribution in [2.45, 2.75) is 36.7 Å². The molecule has 1 N–H and O–H groups in total. The van der Waals surface area contributed by atoms with Gasteiger partial charge in [0.15, 0.2) is 5.16 Å². The van der Waals surface area contributed by atoms with Gasteiger partial charge in [0.25, 0.3) is 5.56 Å². The molecule has 0 radical (unpaired) electrons. The molecule has 0 aliphatic heterocycles. The average Bonchev–Trinajstić information content (AvgIpc) is 2.85. The maximum Gasteiger partial charge on any atom is 0.337 e. The Labute approximate surface area is 202 Å². The van der Waals surface area contributed by atoms with E-state index in [0.29, 0.717) is 47.7 Å². The number of esters is 1. The van der Waals surface area contributed by atoms with Crippen molar-refractivity contribution in [2.24, 2.45) is 0 Å². The Kier molecular flexibility index (Phi) is 9.24. The zero-order valence-electron chi connectivity index (χ0n) is 19.6. The summed E-state index contributed by atoms with van der Waals surface area (Å²) in [6.07, 6.45) is 1.35. The topological polar surface area (TPSA) is 99.5 Å². The van der Waals surface area contributed by atoms with Gasteiger partial charge in [0.2, 0.25) is 5.91 Å². The molecule has 0 spiro atoms. The van der Waals surface area contributed by atoms with Crippen LogP contribution in [0.4, 0.5) is 0 Å². The second-order valence-corrected chi connectivity index (χ2v) is 9.02. The fourth-order valence-electron chi connectivity index (χ4n) is 3.43. The Balaban J connectivity index is 1.82. The highest BCUT2D eigenvalue weighted by atomic mass is 32.2. The van der Waals surface area contributed by atoms with Gasteiger partial charge in [0, 0.05) is 26.8 Å². The number of amides is 1. The molecule has 0 aliphatic rings. The van der Waals surface area contributed by atoms with Crippen LogP contribution in [0.25, 0.3) is 10.9 Å². The zero-order chi connectivity index (χ0) is 24.5. The highest BCUT2D eigenvalue weighted by Gasteiger charge is 2.20. The van der Waals surface area contributed by atoms with E-state index in [0.717, 1.165) is 12.0 Å². The molecular formula is C25H29N3O5S. The van der Waals surface area contributed by atoms with Crippen molar-refractivity contribution in [3.63, 3.8) is 0 Å². The minimum absolute atomic E-state index is 0.137. The molecule has 3 aromatic rings. The van der Waals surface area contributed by atoms with Crippen LogP contribution in [0.5, 0.6) is 0 Å². The lowest BCUT2D eigenvalue weighted by atomic mass is 10.1. The molecule has 0 bridgehead atoms. The van der Waals surface area contributed by atoms with Gasteiger partial charge in [-0.05, 0) is 43.5 Å². The summed E-state index contributed by atoms with van der Waals surface area (Å²) < 4.78 is 11.5. The molecule has 2 aromatic carbocycles. The van der Waals surface area contributed by atoms with Crippen LogP contribution in [0.2, 0.25) is 0 Å². The van der Waals surface area contributed by atoms with Crippen molar-refractivity contribution >= 4 is 34.5 Å². The number of carbonyl (C=O) groups is 2. The van der Waals surface area contributed by atoms with Crippen LogP contribution in [0.3, 0.4) is 0 Å². The predicted molar refractivity (Wildman–Crippen MR) is 132 cm³/mol. The molecule has 34 heavy (non-hydrogen) atoms. The molecule has 1 amide bonds. The van der Waals surface area contributed by atoms with Crippen molar-refractivity contribution in [1.29, 1.82) is 0 Å². The number of thioether (sulfide) groups is 1. The number of aromatic nitrogens is 2. The van der Waals surface area contributed by atoms with Gasteiger partial charge in [0.05, 0.1) is 28.8 Å². The van der Waals surface area contributed by atoms with Crippen LogP contribution in [0.15, 0.2) is 58.5 Å². The molecular weight excluding hydrogens is 454 g/mol. The van der Waals surface area contributed by atoms with E-state index in [1.165, 1.54) is 24.9 Å². The Hall–Kier alpha value is -3.17. The SMILES string of the molecule is COCCCn1c(SC(C)C(=O)NCCc2ccccc2)nc2cc(C(=O)OC)ccc2c1=O. The van der Waals surface area contributed by atoms with Gasteiger partial charge in [-0.2, -0.15) is 0 Å². The van der Waals surface area contributed by atoms with Crippen molar-refractivity contribution in [3.8, 4) is 0 Å². The third kappa shape index (κ3) is 6.45. The minimum atomic E-state index is -0.506. The maximum atomic E-state index is 13.2. The fourth-order valence-corrected chi connectivity index (χ4v) is 4.39. The minimum Gasteiger partial charge on any atom is -0.465 e. The van der Waals surface area contributed by atoms with E-state index in [9.17, 15) is 14.4 Å². The molecule has 1 heterocycles. The first-order chi connectivity index (χ1) is 16.4. The van der Waals surface area contributed by atoms with E-state index in [1.807, 2.05) is 30.3 Å². The average molecular weight is 484 g/mol. The van der Waals surface area contributed by atoms with Crippen LogP contribution in [-0.4, -0.2) is 54.0 Å². The third-order valence-corrected chi connectivity index (χ3v) is 6.37. The van der Waals surface area contributed by atoms with Crippen LogP contribution in [0.1, 0.15) is 29.3 Å². The monoisotopic (exact) mass is 483 g/mol. The quantitative estimate of drug-likeness (QED) is 0.194. The van der Waals surface area contributed by atoms with Crippen molar-refractivity contribution < 1.29 is 19.1 Å². The van der Waals surface area contributed by atoms with Gasteiger partial charge in [-0.3, -0.25) is 14.2 Å². The summed E-state index contributed by atoms with van der Waals surface area (Å²) in [7, 11) is 2.90. The van der Waals surface area contributed by atoms with Crippen molar-refractivity contribution in [3.05, 3.63) is 70.0 Å². The van der Waals surface area contributed by atoms with Gasteiger partial charge >= 0.3 is 5.97 Å². The number of hydrogen-bond donors (Lipinski definition) is 1. The van der Waals surface area contributed by atoms with Crippen LogP contribution in [-0.2, 0) is 27.2 Å². The van der Waals surface area contributed by atoms with E-state index < -0.39 is 11.2 Å². The summed E-state index contributed by atoms with van der Waals surface area (Å²) in [5, 5.41) is 3.29. The molecule has 180 valence electrons. The number of carbonyl (C=O) groups excluding carboxylic acids is 2. The first-order valence-corrected chi connectivity index (χ1v) is 11.9. The molecule has 1 aromatic heterocycles. The lowest BCUT2D eigenvalue weighted by Crippen LogP contribution is -2.33. The highest BCUT2D eigenvalue weighted by molar-refractivity contribution is 8.00. The standard InChI is InChI=1S/C25H29N3O5S/c1-17(22(29)26-13-12-18-8-5-4-6-9-18)34-25-27-21-16-19(24(31)33-3)10-11-20(21)23(30)28(25)14-7-15-32-2/h4-6,8-11,16-17H,7,12-15H2,1-3H3,(H,26,29). The number of benzene rings is 2. The number of methoxy groups -OCH3 is 2. The Morgan fingerprint density at radius 1 is 1.15 bits per heavy atom. The lowest BCUT2D eigenvalue weighted by molar-refractivity contribution is -0.120. The molecule has 0 saturated carbocycles. The Bertz CT molecular complexity index is 1200. The normalized spacial score (nSPS) is 11.9. The molecule has 0 aliphatic carbocycles. The number of nitrogens with zero attached hydrogens (tertiary/aromatic N) is 2. The second kappa shape index (κ2) is 12.3. The number of hydrogen-bond acceptors (Lipinski definition) is 7. The predicted octanol–water partition coefficient (Wildman–Crippen LogP) is 3.06. The summed E-state index contributed by atoms with van der Waals surface area (Å²) in [6, 6.07) is 14.6. The van der Waals surface area contributed by atoms with Crippen LogP contribution < -0.4 is 10.9 Å². The van der Waals surface area contributed by atoms with Crippen LogP contribution in [0, 0.1) is 0 Å². The number of ether oxygens (including phenoxy) is 2. The van der Waals surface area contributed by atoms with Gasteiger partial charge in [-0.15, -0.1) is 0 Å². The maximum absolute atomic E-state index is 13.2. The fraction of sp³-hybridized carbons (Fsp3) is 0.360. The first-order valence-electron chi connectivity index (χ1n) is 11.0. The first kappa shape index (κ1) is 25.5. The van der Waals surface area contributed by atoms with Gasteiger partial charge in [-0.1, -0.05) is 42.1 Å². The summed E-state index contributed by atoms with van der Waals surface area (Å²) in [4.78, 5) is 42.5. The summed E-state index contributed by atoms with van der Waals surface area (Å²) in [6.45, 7) is 3.19. The second-order valence-electron chi connectivity index (χ2n) is 7.71. The van der Waals surface area contributed by atoms with Crippen molar-refractivity contribution in [2.75, 3.05) is 27.4 Å². The molecule has 3 rings (SSSR count). The Morgan fingerprint density at radius 3 is 2.62 bits per heavy atom. The zero-order valence-corrected chi connectivity index (χ0v) is 20.4. The van der Waals surface area contributed by atoms with Crippen LogP contribution >= 0.6 is 11.8 Å².